The Morgan fingerprint density at radius 1 is 1.70 bits per heavy atom. The van der Waals surface area contributed by atoms with Crippen molar-refractivity contribution in [2.75, 3.05) is 0 Å². The molecule has 1 aromatic rings. The number of aryl methyl sites for hydroxylation is 1. The maximum absolute atomic E-state index is 8.18. The average Bonchev–Trinajstić information content (AvgIpc) is 2.34. The molecule has 3 nitrogen and oxygen atoms in total. The second-order valence-corrected chi connectivity index (χ2v) is 1.73. The van der Waals surface area contributed by atoms with Gasteiger partial charge < -0.3 is 4.98 Å². The monoisotopic (exact) mass is 157 g/mol. The van der Waals surface area contributed by atoms with Crippen LogP contribution < -0.4 is 0 Å². The van der Waals surface area contributed by atoms with Gasteiger partial charge in [0.25, 0.3) is 0 Å². The highest BCUT2D eigenvalue weighted by molar-refractivity contribution is 5.85. The van der Waals surface area contributed by atoms with E-state index in [0.717, 1.165) is 12.1 Å². The van der Waals surface area contributed by atoms with Crippen molar-refractivity contribution in [1.29, 1.82) is 5.26 Å². The molecule has 0 saturated carbocycles. The van der Waals surface area contributed by atoms with E-state index in [4.69, 9.17) is 5.26 Å². The van der Waals surface area contributed by atoms with Crippen LogP contribution in [-0.2, 0) is 6.42 Å². The van der Waals surface area contributed by atoms with Crippen LogP contribution in [0.15, 0.2) is 12.5 Å². The zero-order valence-corrected chi connectivity index (χ0v) is 6.19. The highest BCUT2D eigenvalue weighted by Gasteiger charge is 1.89. The molecular weight excluding hydrogens is 150 g/mol. The molecule has 0 spiro atoms. The Kier molecular flexibility index (Phi) is 4.34. The summed E-state index contributed by atoms with van der Waals surface area (Å²) >= 11 is 0. The average molecular weight is 158 g/mol. The summed E-state index contributed by atoms with van der Waals surface area (Å²) in [6, 6.07) is 2.06. The Bertz CT molecular complexity index is 199. The number of halogens is 1. The van der Waals surface area contributed by atoms with Crippen LogP contribution in [0.5, 0.6) is 0 Å². The zero-order valence-electron chi connectivity index (χ0n) is 5.37. The topological polar surface area (TPSA) is 52.5 Å². The van der Waals surface area contributed by atoms with Gasteiger partial charge in [-0.25, -0.2) is 4.98 Å². The largest absolute Gasteiger partial charge is 0.348 e. The van der Waals surface area contributed by atoms with Gasteiger partial charge in [-0.2, -0.15) is 5.26 Å². The van der Waals surface area contributed by atoms with Crippen molar-refractivity contribution < 1.29 is 0 Å². The number of aromatic nitrogens is 2. The minimum absolute atomic E-state index is 0. The van der Waals surface area contributed by atoms with Gasteiger partial charge in [-0.05, 0) is 0 Å². The number of imidazole rings is 1. The first-order valence-electron chi connectivity index (χ1n) is 2.77. The van der Waals surface area contributed by atoms with E-state index in [0.29, 0.717) is 6.42 Å². The minimum Gasteiger partial charge on any atom is -0.348 e. The van der Waals surface area contributed by atoms with E-state index in [1.807, 2.05) is 0 Å². The van der Waals surface area contributed by atoms with Crippen molar-refractivity contribution in [3.8, 4) is 6.07 Å². The standard InChI is InChI=1S/C6H7N3.ClH/c7-3-1-2-6-4-8-5-9-6;/h4-5H,1-2H2,(H,8,9);1H. The first kappa shape index (κ1) is 8.99. The molecule has 0 saturated heterocycles. The predicted molar refractivity (Wildman–Crippen MR) is 39.8 cm³/mol. The van der Waals surface area contributed by atoms with Gasteiger partial charge in [-0.1, -0.05) is 0 Å². The molecule has 1 N–H and O–H groups in total. The fourth-order valence-corrected chi connectivity index (χ4v) is 0.612. The number of nitrogens with one attached hydrogen (secondary N) is 1. The second-order valence-electron chi connectivity index (χ2n) is 1.73. The molecule has 0 atom stereocenters. The van der Waals surface area contributed by atoms with Crippen molar-refractivity contribution in [3.63, 3.8) is 0 Å². The molecule has 1 heterocycles. The molecule has 0 aromatic carbocycles. The summed E-state index contributed by atoms with van der Waals surface area (Å²) in [5.41, 5.74) is 1.02. The molecule has 0 fully saturated rings. The molecule has 0 aliphatic rings. The van der Waals surface area contributed by atoms with E-state index in [9.17, 15) is 0 Å². The van der Waals surface area contributed by atoms with Crippen LogP contribution >= 0.6 is 12.4 Å². The van der Waals surface area contributed by atoms with Crippen LogP contribution in [-0.4, -0.2) is 9.97 Å². The summed E-state index contributed by atoms with van der Waals surface area (Å²) in [6.45, 7) is 0. The third-order valence-corrected chi connectivity index (χ3v) is 1.06. The Morgan fingerprint density at radius 3 is 3.00 bits per heavy atom. The lowest BCUT2D eigenvalue weighted by Crippen LogP contribution is -1.80. The zero-order chi connectivity index (χ0) is 6.53. The molecule has 4 heteroatoms. The summed E-state index contributed by atoms with van der Waals surface area (Å²) in [7, 11) is 0. The molecule has 0 bridgehead atoms. The number of hydrogen-bond acceptors (Lipinski definition) is 2. The van der Waals surface area contributed by atoms with Crippen molar-refractivity contribution in [1.82, 2.24) is 9.97 Å². The Labute approximate surface area is 65.5 Å². The smallest absolute Gasteiger partial charge is 0.0921 e. The summed E-state index contributed by atoms with van der Waals surface area (Å²) in [5.74, 6) is 0. The third-order valence-electron chi connectivity index (χ3n) is 1.06. The molecule has 10 heavy (non-hydrogen) atoms. The Balaban J connectivity index is 0.000000810. The van der Waals surface area contributed by atoms with Gasteiger partial charge in [-0.15, -0.1) is 12.4 Å². The molecule has 0 aliphatic heterocycles. The van der Waals surface area contributed by atoms with Crippen molar-refractivity contribution in [3.05, 3.63) is 18.2 Å². The summed E-state index contributed by atoms with van der Waals surface area (Å²) < 4.78 is 0. The van der Waals surface area contributed by atoms with Crippen molar-refractivity contribution in [2.24, 2.45) is 0 Å². The number of hydrogen-bond donors (Lipinski definition) is 1. The van der Waals surface area contributed by atoms with E-state index in [1.165, 1.54) is 0 Å². The molecule has 54 valence electrons. The van der Waals surface area contributed by atoms with Gasteiger partial charge in [-0.3, -0.25) is 0 Å². The van der Waals surface area contributed by atoms with Gasteiger partial charge in [0.2, 0.25) is 0 Å². The van der Waals surface area contributed by atoms with Crippen LogP contribution in [0.25, 0.3) is 0 Å². The normalized spacial score (nSPS) is 7.90. The highest BCUT2D eigenvalue weighted by atomic mass is 35.5. The fourth-order valence-electron chi connectivity index (χ4n) is 0.612. The van der Waals surface area contributed by atoms with Gasteiger partial charge >= 0.3 is 0 Å². The second kappa shape index (κ2) is 4.83. The fraction of sp³-hybridized carbons (Fsp3) is 0.333. The molecule has 0 amide bonds. The molecule has 0 unspecified atom stereocenters. The van der Waals surface area contributed by atoms with Crippen LogP contribution in [0.4, 0.5) is 0 Å². The molecule has 0 aliphatic carbocycles. The Morgan fingerprint density at radius 2 is 2.50 bits per heavy atom. The van der Waals surface area contributed by atoms with Gasteiger partial charge in [0, 0.05) is 24.7 Å². The lowest BCUT2D eigenvalue weighted by molar-refractivity contribution is 0.967. The lowest BCUT2D eigenvalue weighted by Gasteiger charge is -1.84. The summed E-state index contributed by atoms with van der Waals surface area (Å²) in [4.78, 5) is 6.72. The number of nitriles is 1. The SMILES string of the molecule is Cl.N#CCCc1cnc[nH]1. The lowest BCUT2D eigenvalue weighted by atomic mass is 10.3. The van der Waals surface area contributed by atoms with Crippen LogP contribution in [0.1, 0.15) is 12.1 Å². The van der Waals surface area contributed by atoms with E-state index in [2.05, 4.69) is 16.0 Å². The Hall–Kier alpha value is -1.01. The van der Waals surface area contributed by atoms with Crippen molar-refractivity contribution >= 4 is 12.4 Å². The molecule has 0 radical (unpaired) electrons. The van der Waals surface area contributed by atoms with Gasteiger partial charge in [0.15, 0.2) is 0 Å². The third kappa shape index (κ3) is 2.51. The van der Waals surface area contributed by atoms with E-state index in [-0.39, 0.29) is 12.4 Å². The maximum Gasteiger partial charge on any atom is 0.0921 e. The minimum atomic E-state index is 0. The van der Waals surface area contributed by atoms with Gasteiger partial charge in [0.1, 0.15) is 0 Å². The van der Waals surface area contributed by atoms with Crippen molar-refractivity contribution in [2.45, 2.75) is 12.8 Å². The molecular formula is C6H8ClN3. The number of H-pyrrole nitrogens is 1. The number of aromatic amines is 1. The maximum atomic E-state index is 8.18. The molecule has 1 rings (SSSR count). The van der Waals surface area contributed by atoms with Crippen LogP contribution in [0.2, 0.25) is 0 Å². The quantitative estimate of drug-likeness (QED) is 0.704. The predicted octanol–water partition coefficient (Wildman–Crippen LogP) is 1.29. The molecule has 1 aromatic heterocycles. The first-order chi connectivity index (χ1) is 4.43. The van der Waals surface area contributed by atoms with Crippen LogP contribution in [0, 0.1) is 11.3 Å². The van der Waals surface area contributed by atoms with E-state index >= 15 is 0 Å². The summed E-state index contributed by atoms with van der Waals surface area (Å²) in [6.07, 6.45) is 4.68. The summed E-state index contributed by atoms with van der Waals surface area (Å²) in [5, 5.41) is 8.18. The van der Waals surface area contributed by atoms with E-state index in [1.54, 1.807) is 12.5 Å². The first-order valence-corrected chi connectivity index (χ1v) is 2.77. The number of rotatable bonds is 2. The van der Waals surface area contributed by atoms with Crippen LogP contribution in [0.3, 0.4) is 0 Å². The van der Waals surface area contributed by atoms with E-state index < -0.39 is 0 Å². The highest BCUT2D eigenvalue weighted by Crippen LogP contribution is 1.94. The van der Waals surface area contributed by atoms with Gasteiger partial charge in [0.05, 0.1) is 12.4 Å². The number of nitrogens with zero attached hydrogens (tertiary/aromatic N) is 2.